The van der Waals surface area contributed by atoms with E-state index in [1.54, 1.807) is 12.1 Å². The zero-order chi connectivity index (χ0) is 14.0. The van der Waals surface area contributed by atoms with Crippen LogP contribution in [0.25, 0.3) is 0 Å². The number of benzene rings is 1. The molecule has 19 heavy (non-hydrogen) atoms. The van der Waals surface area contributed by atoms with Gasteiger partial charge in [0.05, 0.1) is 0 Å². The summed E-state index contributed by atoms with van der Waals surface area (Å²) in [5.74, 6) is 0.376. The van der Waals surface area contributed by atoms with Crippen molar-refractivity contribution < 1.29 is 4.39 Å². The average Bonchev–Trinajstić information content (AvgIpc) is 2.36. The van der Waals surface area contributed by atoms with Gasteiger partial charge < -0.3 is 5.32 Å². The second-order valence-electron chi connectivity index (χ2n) is 5.77. The molecule has 0 amide bonds. The number of nitrogens with one attached hydrogen (secondary N) is 1. The minimum atomic E-state index is -0.220. The third-order valence-electron chi connectivity index (χ3n) is 3.92. The van der Waals surface area contributed by atoms with Crippen molar-refractivity contribution in [1.29, 1.82) is 0 Å². The van der Waals surface area contributed by atoms with Gasteiger partial charge in [0.2, 0.25) is 0 Å². The van der Waals surface area contributed by atoms with Crippen LogP contribution in [-0.2, 0) is 6.54 Å². The van der Waals surface area contributed by atoms with Crippen LogP contribution in [0.15, 0.2) is 18.2 Å². The van der Waals surface area contributed by atoms with Crippen LogP contribution >= 0.6 is 11.6 Å². The van der Waals surface area contributed by atoms with Crippen molar-refractivity contribution in [2.75, 3.05) is 13.1 Å². The van der Waals surface area contributed by atoms with E-state index >= 15 is 0 Å². The summed E-state index contributed by atoms with van der Waals surface area (Å²) in [6.45, 7) is 9.29. The summed E-state index contributed by atoms with van der Waals surface area (Å²) in [5.41, 5.74) is 0.873. The average molecular weight is 285 g/mol. The second-order valence-corrected chi connectivity index (χ2v) is 6.18. The van der Waals surface area contributed by atoms with Crippen LogP contribution in [0.5, 0.6) is 0 Å². The highest BCUT2D eigenvalue weighted by Gasteiger charge is 2.27. The van der Waals surface area contributed by atoms with E-state index in [2.05, 4.69) is 31.0 Å². The number of halogens is 2. The molecular weight excluding hydrogens is 263 g/mol. The van der Waals surface area contributed by atoms with Crippen molar-refractivity contribution >= 4 is 11.6 Å². The van der Waals surface area contributed by atoms with E-state index in [-0.39, 0.29) is 5.82 Å². The molecule has 1 aromatic rings. The Hall–Kier alpha value is -0.640. The van der Waals surface area contributed by atoms with Gasteiger partial charge in [-0.25, -0.2) is 4.39 Å². The fourth-order valence-corrected chi connectivity index (χ4v) is 2.68. The maximum absolute atomic E-state index is 13.3. The lowest BCUT2D eigenvalue weighted by atomic mass is 9.99. The molecule has 2 rings (SSSR count). The molecule has 2 atom stereocenters. The Bertz CT molecular complexity index is 436. The molecule has 1 aliphatic rings. The van der Waals surface area contributed by atoms with E-state index in [9.17, 15) is 4.39 Å². The van der Waals surface area contributed by atoms with Crippen molar-refractivity contribution in [3.05, 3.63) is 34.6 Å². The number of hydrogen-bond acceptors (Lipinski definition) is 2. The topological polar surface area (TPSA) is 15.3 Å². The summed E-state index contributed by atoms with van der Waals surface area (Å²) in [5, 5.41) is 4.21. The molecule has 0 radical (unpaired) electrons. The molecule has 2 unspecified atom stereocenters. The Morgan fingerprint density at radius 3 is 2.89 bits per heavy atom. The SMILES string of the molecule is CC(C)C1CN(Cc2cc(F)ccc2Cl)C(C)CN1. The number of piperazine rings is 1. The predicted octanol–water partition coefficient (Wildman–Crippen LogP) is 3.30. The van der Waals surface area contributed by atoms with Crippen LogP contribution in [0, 0.1) is 11.7 Å². The molecule has 1 heterocycles. The van der Waals surface area contributed by atoms with E-state index in [1.165, 1.54) is 6.07 Å². The van der Waals surface area contributed by atoms with Gasteiger partial charge in [0, 0.05) is 36.7 Å². The molecule has 4 heteroatoms. The van der Waals surface area contributed by atoms with Gasteiger partial charge in [0.1, 0.15) is 5.82 Å². The summed E-state index contributed by atoms with van der Waals surface area (Å²) < 4.78 is 13.3. The molecule has 1 aromatic carbocycles. The summed E-state index contributed by atoms with van der Waals surface area (Å²) in [7, 11) is 0. The molecule has 0 bridgehead atoms. The first-order valence-corrected chi connectivity index (χ1v) is 7.26. The van der Waals surface area contributed by atoms with Gasteiger partial charge in [-0.3, -0.25) is 4.90 Å². The lowest BCUT2D eigenvalue weighted by molar-refractivity contribution is 0.116. The minimum Gasteiger partial charge on any atom is -0.311 e. The smallest absolute Gasteiger partial charge is 0.123 e. The van der Waals surface area contributed by atoms with Gasteiger partial charge in [-0.2, -0.15) is 0 Å². The fourth-order valence-electron chi connectivity index (χ4n) is 2.50. The van der Waals surface area contributed by atoms with Gasteiger partial charge in [-0.15, -0.1) is 0 Å². The Balaban J connectivity index is 2.09. The standard InChI is InChI=1S/C15H22ClFN2/c1-10(2)15-9-19(11(3)7-18-15)8-12-6-13(17)4-5-14(12)16/h4-6,10-11,15,18H,7-9H2,1-3H3. The highest BCUT2D eigenvalue weighted by Crippen LogP contribution is 2.22. The Morgan fingerprint density at radius 2 is 2.21 bits per heavy atom. The normalized spacial score (nSPS) is 24.9. The second kappa shape index (κ2) is 6.21. The summed E-state index contributed by atoms with van der Waals surface area (Å²) >= 11 is 6.15. The fraction of sp³-hybridized carbons (Fsp3) is 0.600. The van der Waals surface area contributed by atoms with Gasteiger partial charge in [0.15, 0.2) is 0 Å². The van der Waals surface area contributed by atoms with Gasteiger partial charge >= 0.3 is 0 Å². The van der Waals surface area contributed by atoms with E-state index in [4.69, 9.17) is 11.6 Å². The zero-order valence-corrected chi connectivity index (χ0v) is 12.5. The molecule has 0 spiro atoms. The van der Waals surface area contributed by atoms with Crippen molar-refractivity contribution in [3.63, 3.8) is 0 Å². The Morgan fingerprint density at radius 1 is 1.47 bits per heavy atom. The van der Waals surface area contributed by atoms with Gasteiger partial charge in [-0.05, 0) is 36.6 Å². The lowest BCUT2D eigenvalue weighted by Gasteiger charge is -2.40. The monoisotopic (exact) mass is 284 g/mol. The van der Waals surface area contributed by atoms with Crippen LogP contribution in [0.3, 0.4) is 0 Å². The highest BCUT2D eigenvalue weighted by molar-refractivity contribution is 6.31. The van der Waals surface area contributed by atoms with E-state index in [1.807, 2.05) is 0 Å². The minimum absolute atomic E-state index is 0.220. The summed E-state index contributed by atoms with van der Waals surface area (Å²) in [4.78, 5) is 2.38. The largest absolute Gasteiger partial charge is 0.311 e. The Kier molecular flexibility index (Phi) is 4.82. The van der Waals surface area contributed by atoms with Crippen LogP contribution in [-0.4, -0.2) is 30.1 Å². The molecule has 2 nitrogen and oxygen atoms in total. The predicted molar refractivity (Wildman–Crippen MR) is 77.9 cm³/mol. The first kappa shape index (κ1) is 14.8. The Labute approximate surface area is 119 Å². The molecule has 1 saturated heterocycles. The number of hydrogen-bond donors (Lipinski definition) is 1. The van der Waals surface area contributed by atoms with Crippen LogP contribution in [0.2, 0.25) is 5.02 Å². The molecule has 0 saturated carbocycles. The maximum atomic E-state index is 13.3. The molecule has 0 aliphatic carbocycles. The van der Waals surface area contributed by atoms with Crippen molar-refractivity contribution in [3.8, 4) is 0 Å². The van der Waals surface area contributed by atoms with E-state index in [0.717, 1.165) is 18.7 Å². The summed E-state index contributed by atoms with van der Waals surface area (Å²) in [6.07, 6.45) is 0. The van der Waals surface area contributed by atoms with Gasteiger partial charge in [0.25, 0.3) is 0 Å². The molecular formula is C15H22ClFN2. The quantitative estimate of drug-likeness (QED) is 0.916. The van der Waals surface area contributed by atoms with Crippen LogP contribution in [0.4, 0.5) is 4.39 Å². The molecule has 106 valence electrons. The first-order valence-electron chi connectivity index (χ1n) is 6.88. The summed E-state index contributed by atoms with van der Waals surface area (Å²) in [6, 6.07) is 5.52. The van der Waals surface area contributed by atoms with E-state index in [0.29, 0.717) is 29.6 Å². The molecule has 0 aromatic heterocycles. The molecule has 1 fully saturated rings. The van der Waals surface area contributed by atoms with E-state index < -0.39 is 0 Å². The van der Waals surface area contributed by atoms with Crippen LogP contribution < -0.4 is 5.32 Å². The first-order chi connectivity index (χ1) is 8.97. The van der Waals surface area contributed by atoms with Gasteiger partial charge in [-0.1, -0.05) is 25.4 Å². The van der Waals surface area contributed by atoms with Crippen molar-refractivity contribution in [2.24, 2.45) is 5.92 Å². The zero-order valence-electron chi connectivity index (χ0n) is 11.8. The highest BCUT2D eigenvalue weighted by atomic mass is 35.5. The molecule has 1 aliphatic heterocycles. The van der Waals surface area contributed by atoms with Crippen molar-refractivity contribution in [2.45, 2.75) is 39.4 Å². The van der Waals surface area contributed by atoms with Crippen LogP contribution in [0.1, 0.15) is 26.3 Å². The lowest BCUT2D eigenvalue weighted by Crippen LogP contribution is -2.56. The number of nitrogens with zero attached hydrogens (tertiary/aromatic N) is 1. The van der Waals surface area contributed by atoms with Crippen molar-refractivity contribution in [1.82, 2.24) is 10.2 Å². The third-order valence-corrected chi connectivity index (χ3v) is 4.28. The number of rotatable bonds is 3. The molecule has 1 N–H and O–H groups in total. The maximum Gasteiger partial charge on any atom is 0.123 e. The third kappa shape index (κ3) is 3.68.